The molecule has 2 N–H and O–H groups in total. The van der Waals surface area contributed by atoms with E-state index in [1.807, 2.05) is 37.3 Å². The van der Waals surface area contributed by atoms with E-state index in [9.17, 15) is 4.39 Å². The summed E-state index contributed by atoms with van der Waals surface area (Å²) in [6, 6.07) is 12.3. The first-order valence-corrected chi connectivity index (χ1v) is 5.70. The van der Waals surface area contributed by atoms with Crippen LogP contribution in [0.15, 0.2) is 46.9 Å². The van der Waals surface area contributed by atoms with E-state index in [-0.39, 0.29) is 11.4 Å². The highest BCUT2D eigenvalue weighted by molar-refractivity contribution is 5.84. The molecule has 0 unspecified atom stereocenters. The lowest BCUT2D eigenvalue weighted by atomic mass is 10.1. The zero-order valence-corrected chi connectivity index (χ0v) is 9.91. The number of hydrogen-bond acceptors (Lipinski definition) is 2. The number of aryl methyl sites for hydroxylation is 1. The fraction of sp³-hybridized carbons (Fsp3) is 0.0667. The van der Waals surface area contributed by atoms with Gasteiger partial charge < -0.3 is 10.2 Å². The molecule has 1 heterocycles. The van der Waals surface area contributed by atoms with Crippen molar-refractivity contribution in [2.45, 2.75) is 6.92 Å². The first-order valence-electron chi connectivity index (χ1n) is 5.70. The molecular weight excluding hydrogens is 229 g/mol. The van der Waals surface area contributed by atoms with E-state index in [0.29, 0.717) is 11.4 Å². The van der Waals surface area contributed by atoms with Gasteiger partial charge in [0.15, 0.2) is 11.4 Å². The monoisotopic (exact) mass is 241 g/mol. The Labute approximate surface area is 104 Å². The quantitative estimate of drug-likeness (QED) is 0.650. The first kappa shape index (κ1) is 10.8. The Bertz CT molecular complexity index is 730. The van der Waals surface area contributed by atoms with E-state index in [2.05, 4.69) is 0 Å². The summed E-state index contributed by atoms with van der Waals surface area (Å²) in [5.41, 5.74) is 8.66. The number of furan rings is 1. The van der Waals surface area contributed by atoms with Gasteiger partial charge in [0.25, 0.3) is 0 Å². The smallest absolute Gasteiger partial charge is 0.170 e. The summed E-state index contributed by atoms with van der Waals surface area (Å²) in [4.78, 5) is 0. The van der Waals surface area contributed by atoms with Crippen LogP contribution in [0, 0.1) is 12.7 Å². The molecular formula is C15H12FNO. The minimum absolute atomic E-state index is 0.286. The lowest BCUT2D eigenvalue weighted by molar-refractivity contribution is 0.568. The molecule has 0 atom stereocenters. The topological polar surface area (TPSA) is 39.2 Å². The molecule has 18 heavy (non-hydrogen) atoms. The number of anilines is 1. The van der Waals surface area contributed by atoms with Crippen LogP contribution in [0.1, 0.15) is 5.56 Å². The van der Waals surface area contributed by atoms with Crippen molar-refractivity contribution in [1.29, 1.82) is 0 Å². The third kappa shape index (κ3) is 1.64. The predicted octanol–water partition coefficient (Wildman–Crippen LogP) is 4.13. The lowest BCUT2D eigenvalue weighted by Gasteiger charge is -2.03. The molecule has 0 bridgehead atoms. The lowest BCUT2D eigenvalue weighted by Crippen LogP contribution is -1.87. The van der Waals surface area contributed by atoms with Gasteiger partial charge in [-0.05, 0) is 36.8 Å². The maximum atomic E-state index is 13.6. The Morgan fingerprint density at radius 2 is 1.94 bits per heavy atom. The van der Waals surface area contributed by atoms with Crippen LogP contribution < -0.4 is 5.73 Å². The van der Waals surface area contributed by atoms with Crippen LogP contribution in [-0.4, -0.2) is 0 Å². The van der Waals surface area contributed by atoms with Gasteiger partial charge in [-0.25, -0.2) is 4.39 Å². The van der Waals surface area contributed by atoms with Crippen LogP contribution in [0.25, 0.3) is 22.3 Å². The summed E-state index contributed by atoms with van der Waals surface area (Å²) in [5, 5.41) is 0.756. The molecule has 0 aliphatic carbocycles. The average molecular weight is 241 g/mol. The normalized spacial score (nSPS) is 11.0. The van der Waals surface area contributed by atoms with Gasteiger partial charge in [0, 0.05) is 16.6 Å². The number of para-hydroxylation sites is 1. The number of hydrogen-bond donors (Lipinski definition) is 1. The second-order valence-corrected chi connectivity index (χ2v) is 4.34. The maximum absolute atomic E-state index is 13.6. The summed E-state index contributed by atoms with van der Waals surface area (Å²) in [5.74, 6) is 0.292. The third-order valence-corrected chi connectivity index (χ3v) is 3.02. The number of nitrogens with two attached hydrogens (primary N) is 1. The number of fused-ring (bicyclic) bond motifs is 1. The van der Waals surface area contributed by atoms with Crippen LogP contribution >= 0.6 is 0 Å². The number of benzene rings is 2. The third-order valence-electron chi connectivity index (χ3n) is 3.02. The van der Waals surface area contributed by atoms with Crippen molar-refractivity contribution < 1.29 is 8.81 Å². The largest absolute Gasteiger partial charge is 0.453 e. The van der Waals surface area contributed by atoms with Crippen LogP contribution in [0.3, 0.4) is 0 Å². The van der Waals surface area contributed by atoms with E-state index < -0.39 is 0 Å². The number of nitrogen functional groups attached to an aromatic ring is 1. The molecule has 3 heteroatoms. The molecule has 3 rings (SSSR count). The molecule has 1 aromatic heterocycles. The molecule has 3 aromatic rings. The highest BCUT2D eigenvalue weighted by Gasteiger charge is 2.11. The fourth-order valence-electron chi connectivity index (χ4n) is 2.07. The van der Waals surface area contributed by atoms with E-state index in [4.69, 9.17) is 10.2 Å². The van der Waals surface area contributed by atoms with Gasteiger partial charge in [0.2, 0.25) is 0 Å². The van der Waals surface area contributed by atoms with Gasteiger partial charge in [0.1, 0.15) is 5.76 Å². The van der Waals surface area contributed by atoms with Gasteiger partial charge in [-0.2, -0.15) is 0 Å². The summed E-state index contributed by atoms with van der Waals surface area (Å²) in [6.07, 6.45) is 0. The minimum atomic E-state index is -0.347. The highest BCUT2D eigenvalue weighted by Crippen LogP contribution is 2.32. The van der Waals surface area contributed by atoms with Crippen molar-refractivity contribution in [3.8, 4) is 11.3 Å². The predicted molar refractivity (Wildman–Crippen MR) is 70.8 cm³/mol. The molecule has 0 radical (unpaired) electrons. The van der Waals surface area contributed by atoms with E-state index in [0.717, 1.165) is 16.5 Å². The Morgan fingerprint density at radius 1 is 1.11 bits per heavy atom. The molecule has 0 aliphatic rings. The van der Waals surface area contributed by atoms with Gasteiger partial charge in [0.05, 0.1) is 0 Å². The Kier molecular flexibility index (Phi) is 2.33. The second kappa shape index (κ2) is 3.88. The van der Waals surface area contributed by atoms with Crippen molar-refractivity contribution in [2.75, 3.05) is 5.73 Å². The van der Waals surface area contributed by atoms with Crippen LogP contribution in [0.4, 0.5) is 10.1 Å². The standard InChI is InChI=1S/C15H12FNO/c1-9-5-6-11(17)8-12(9)14-7-10-3-2-4-13(16)15(10)18-14/h2-8H,17H2,1H3. The summed E-state index contributed by atoms with van der Waals surface area (Å²) < 4.78 is 19.2. The van der Waals surface area contributed by atoms with Crippen molar-refractivity contribution in [3.05, 3.63) is 53.8 Å². The Balaban J connectivity index is 2.26. The SMILES string of the molecule is Cc1ccc(N)cc1-c1cc2cccc(F)c2o1. The van der Waals surface area contributed by atoms with E-state index >= 15 is 0 Å². The number of rotatable bonds is 1. The molecule has 0 amide bonds. The average Bonchev–Trinajstić information content (AvgIpc) is 2.77. The molecule has 0 spiro atoms. The fourth-order valence-corrected chi connectivity index (χ4v) is 2.07. The van der Waals surface area contributed by atoms with Gasteiger partial charge in [-0.15, -0.1) is 0 Å². The van der Waals surface area contributed by atoms with Crippen molar-refractivity contribution in [3.63, 3.8) is 0 Å². The summed E-state index contributed by atoms with van der Waals surface area (Å²) >= 11 is 0. The molecule has 90 valence electrons. The Morgan fingerprint density at radius 3 is 2.72 bits per heavy atom. The van der Waals surface area contributed by atoms with Gasteiger partial charge >= 0.3 is 0 Å². The first-order chi connectivity index (χ1) is 8.65. The van der Waals surface area contributed by atoms with Crippen molar-refractivity contribution >= 4 is 16.7 Å². The van der Waals surface area contributed by atoms with Crippen molar-refractivity contribution in [1.82, 2.24) is 0 Å². The van der Waals surface area contributed by atoms with E-state index in [1.54, 1.807) is 6.07 Å². The molecule has 0 saturated heterocycles. The second-order valence-electron chi connectivity index (χ2n) is 4.34. The minimum Gasteiger partial charge on any atom is -0.453 e. The summed E-state index contributed by atoms with van der Waals surface area (Å²) in [6.45, 7) is 1.97. The van der Waals surface area contributed by atoms with Crippen LogP contribution in [0.5, 0.6) is 0 Å². The Hall–Kier alpha value is -2.29. The van der Waals surface area contributed by atoms with Crippen LogP contribution in [-0.2, 0) is 0 Å². The van der Waals surface area contributed by atoms with Crippen molar-refractivity contribution in [2.24, 2.45) is 0 Å². The van der Waals surface area contributed by atoms with Gasteiger partial charge in [-0.1, -0.05) is 18.2 Å². The molecule has 0 saturated carbocycles. The zero-order valence-electron chi connectivity index (χ0n) is 9.91. The zero-order chi connectivity index (χ0) is 12.7. The van der Waals surface area contributed by atoms with Gasteiger partial charge in [-0.3, -0.25) is 0 Å². The van der Waals surface area contributed by atoms with E-state index in [1.165, 1.54) is 6.07 Å². The molecule has 2 nitrogen and oxygen atoms in total. The highest BCUT2D eigenvalue weighted by atomic mass is 19.1. The molecule has 0 fully saturated rings. The summed E-state index contributed by atoms with van der Waals surface area (Å²) in [7, 11) is 0. The van der Waals surface area contributed by atoms with Crippen LogP contribution in [0.2, 0.25) is 0 Å². The molecule has 2 aromatic carbocycles. The maximum Gasteiger partial charge on any atom is 0.170 e. The molecule has 0 aliphatic heterocycles. The number of halogens is 1.